The summed E-state index contributed by atoms with van der Waals surface area (Å²) in [5.41, 5.74) is 0. The van der Waals surface area contributed by atoms with E-state index in [0.29, 0.717) is 13.1 Å². The molecule has 0 saturated carbocycles. The first-order valence-electron chi connectivity index (χ1n) is 6.51. The summed E-state index contributed by atoms with van der Waals surface area (Å²) in [6.45, 7) is 2.82. The minimum atomic E-state index is -0.780. The lowest BCUT2D eigenvalue weighted by Gasteiger charge is -2.41. The van der Waals surface area contributed by atoms with Gasteiger partial charge in [0.15, 0.2) is 0 Å². The van der Waals surface area contributed by atoms with Crippen LogP contribution in [0.1, 0.15) is 26.2 Å². The highest BCUT2D eigenvalue weighted by molar-refractivity contribution is 5.76. The third-order valence-electron chi connectivity index (χ3n) is 3.89. The Hall–Kier alpha value is -1.52. The molecule has 2 atom stereocenters. The Morgan fingerprint density at radius 2 is 2.11 bits per heavy atom. The normalized spacial score (nSPS) is 25.4. The summed E-state index contributed by atoms with van der Waals surface area (Å²) in [4.78, 5) is 24.4. The van der Waals surface area contributed by atoms with Gasteiger partial charge in [-0.15, -0.1) is 0 Å². The Labute approximate surface area is 107 Å². The Balaban J connectivity index is 1.73. The maximum atomic E-state index is 11.9. The predicted molar refractivity (Wildman–Crippen MR) is 67.2 cm³/mol. The third kappa shape index (κ3) is 2.83. The van der Waals surface area contributed by atoms with Gasteiger partial charge in [-0.1, -0.05) is 19.1 Å². The van der Waals surface area contributed by atoms with Crippen molar-refractivity contribution in [2.45, 2.75) is 32.2 Å². The van der Waals surface area contributed by atoms with Crippen LogP contribution in [0.5, 0.6) is 0 Å². The fraction of sp³-hybridized carbons (Fsp3) is 0.692. The number of urea groups is 1. The molecule has 5 nitrogen and oxygen atoms in total. The first-order chi connectivity index (χ1) is 8.58. The Morgan fingerprint density at radius 3 is 2.67 bits per heavy atom. The average Bonchev–Trinajstić information content (AvgIpc) is 2.28. The first-order valence-corrected chi connectivity index (χ1v) is 6.51. The lowest BCUT2D eigenvalue weighted by molar-refractivity contribution is -0.144. The summed E-state index contributed by atoms with van der Waals surface area (Å²) in [5, 5.41) is 11.9. The summed E-state index contributed by atoms with van der Waals surface area (Å²) in [7, 11) is 0. The van der Waals surface area contributed by atoms with Gasteiger partial charge in [-0.3, -0.25) is 4.79 Å². The van der Waals surface area contributed by atoms with Gasteiger partial charge in [-0.05, 0) is 19.3 Å². The van der Waals surface area contributed by atoms with Crippen LogP contribution in [0, 0.1) is 11.8 Å². The van der Waals surface area contributed by atoms with Gasteiger partial charge >= 0.3 is 12.0 Å². The second-order valence-electron chi connectivity index (χ2n) is 5.22. The molecular formula is C13H20N2O3. The molecule has 1 heterocycles. The molecule has 0 bridgehead atoms. The average molecular weight is 252 g/mol. The highest BCUT2D eigenvalue weighted by Gasteiger charge is 2.37. The van der Waals surface area contributed by atoms with E-state index in [-0.39, 0.29) is 23.9 Å². The third-order valence-corrected chi connectivity index (χ3v) is 3.89. The van der Waals surface area contributed by atoms with Crippen LogP contribution in [0.15, 0.2) is 12.2 Å². The van der Waals surface area contributed by atoms with Crippen LogP contribution in [0.4, 0.5) is 4.79 Å². The lowest BCUT2D eigenvalue weighted by atomic mass is 9.87. The molecule has 1 saturated heterocycles. The molecule has 2 unspecified atom stereocenters. The Bertz CT molecular complexity index is 361. The molecule has 100 valence electrons. The number of allylic oxidation sites excluding steroid dienone is 1. The van der Waals surface area contributed by atoms with E-state index in [9.17, 15) is 9.59 Å². The molecule has 0 spiro atoms. The van der Waals surface area contributed by atoms with Crippen LogP contribution in [0.25, 0.3) is 0 Å². The summed E-state index contributed by atoms with van der Waals surface area (Å²) in [6.07, 6.45) is 7.14. The number of carboxylic acids is 1. The number of likely N-dealkylation sites (tertiary alicyclic amines) is 1. The largest absolute Gasteiger partial charge is 0.481 e. The zero-order valence-electron chi connectivity index (χ0n) is 10.6. The van der Waals surface area contributed by atoms with Crippen LogP contribution >= 0.6 is 0 Å². The molecule has 1 fully saturated rings. The van der Waals surface area contributed by atoms with Crippen molar-refractivity contribution in [1.82, 2.24) is 10.2 Å². The van der Waals surface area contributed by atoms with Crippen LogP contribution in [0.2, 0.25) is 0 Å². The lowest BCUT2D eigenvalue weighted by Crippen LogP contribution is -2.57. The summed E-state index contributed by atoms with van der Waals surface area (Å²) in [5.74, 6) is -1.05. The molecule has 18 heavy (non-hydrogen) atoms. The van der Waals surface area contributed by atoms with Crippen molar-refractivity contribution >= 4 is 12.0 Å². The van der Waals surface area contributed by atoms with Gasteiger partial charge in [0, 0.05) is 25.0 Å². The minimum Gasteiger partial charge on any atom is -0.481 e. The smallest absolute Gasteiger partial charge is 0.317 e. The van der Waals surface area contributed by atoms with E-state index in [1.54, 1.807) is 11.8 Å². The monoisotopic (exact) mass is 252 g/mol. The van der Waals surface area contributed by atoms with Crippen molar-refractivity contribution in [2.24, 2.45) is 11.8 Å². The van der Waals surface area contributed by atoms with E-state index < -0.39 is 5.97 Å². The van der Waals surface area contributed by atoms with E-state index in [4.69, 9.17) is 5.11 Å². The van der Waals surface area contributed by atoms with Gasteiger partial charge in [0.2, 0.25) is 0 Å². The van der Waals surface area contributed by atoms with Gasteiger partial charge in [0.05, 0.1) is 5.92 Å². The van der Waals surface area contributed by atoms with Crippen LogP contribution in [-0.2, 0) is 4.79 Å². The van der Waals surface area contributed by atoms with Gasteiger partial charge in [0.1, 0.15) is 0 Å². The second kappa shape index (κ2) is 5.42. The molecule has 0 radical (unpaired) electrons. The van der Waals surface area contributed by atoms with Crippen molar-refractivity contribution in [3.05, 3.63) is 12.2 Å². The number of hydrogen-bond donors (Lipinski definition) is 2. The highest BCUT2D eigenvalue weighted by Crippen LogP contribution is 2.24. The highest BCUT2D eigenvalue weighted by atomic mass is 16.4. The molecular weight excluding hydrogens is 232 g/mol. The fourth-order valence-corrected chi connectivity index (χ4v) is 2.39. The number of aliphatic carboxylic acids is 1. The minimum absolute atomic E-state index is 0.0517. The van der Waals surface area contributed by atoms with Crippen LogP contribution < -0.4 is 5.32 Å². The summed E-state index contributed by atoms with van der Waals surface area (Å²) >= 11 is 0. The molecule has 0 aromatic carbocycles. The predicted octanol–water partition coefficient (Wildman–Crippen LogP) is 1.46. The number of carbonyl (C=O) groups is 2. The first kappa shape index (κ1) is 12.9. The number of rotatable bonds is 3. The molecule has 2 rings (SSSR count). The van der Waals surface area contributed by atoms with E-state index in [1.807, 2.05) is 0 Å². The van der Waals surface area contributed by atoms with E-state index in [2.05, 4.69) is 17.5 Å². The quantitative estimate of drug-likeness (QED) is 0.747. The maximum Gasteiger partial charge on any atom is 0.317 e. The van der Waals surface area contributed by atoms with E-state index >= 15 is 0 Å². The number of carbonyl (C=O) groups excluding carboxylic acids is 1. The Kier molecular flexibility index (Phi) is 3.89. The zero-order chi connectivity index (χ0) is 13.1. The van der Waals surface area contributed by atoms with Gasteiger partial charge in [-0.25, -0.2) is 4.79 Å². The van der Waals surface area contributed by atoms with Gasteiger partial charge in [0.25, 0.3) is 0 Å². The molecule has 2 amide bonds. The molecule has 1 aliphatic carbocycles. The molecule has 0 aromatic heterocycles. The Morgan fingerprint density at radius 1 is 1.39 bits per heavy atom. The summed E-state index contributed by atoms with van der Waals surface area (Å²) in [6, 6.07) is 0.183. The van der Waals surface area contributed by atoms with E-state index in [1.165, 1.54) is 0 Å². The molecule has 0 aromatic rings. The van der Waals surface area contributed by atoms with Crippen molar-refractivity contribution in [1.29, 1.82) is 0 Å². The van der Waals surface area contributed by atoms with Crippen molar-refractivity contribution in [3.63, 3.8) is 0 Å². The topological polar surface area (TPSA) is 69.6 Å². The SMILES string of the molecule is CC(C(=O)O)C1CN(C(=O)NC2CC=CCC2)C1. The number of nitrogens with zero attached hydrogens (tertiary/aromatic N) is 1. The molecule has 2 aliphatic rings. The molecule has 5 heteroatoms. The van der Waals surface area contributed by atoms with Gasteiger partial charge in [-0.2, -0.15) is 0 Å². The number of nitrogens with one attached hydrogen (secondary N) is 1. The van der Waals surface area contributed by atoms with Crippen molar-refractivity contribution in [3.8, 4) is 0 Å². The maximum absolute atomic E-state index is 11.9. The number of amides is 2. The fourth-order valence-electron chi connectivity index (χ4n) is 2.39. The molecule has 2 N–H and O–H groups in total. The van der Waals surface area contributed by atoms with Gasteiger partial charge < -0.3 is 15.3 Å². The molecule has 1 aliphatic heterocycles. The standard InChI is InChI=1S/C13H20N2O3/c1-9(12(16)17)10-7-15(8-10)13(18)14-11-5-3-2-4-6-11/h2-3,9-11H,4-8H2,1H3,(H,14,18)(H,16,17). The second-order valence-corrected chi connectivity index (χ2v) is 5.22. The van der Waals surface area contributed by atoms with Crippen molar-refractivity contribution in [2.75, 3.05) is 13.1 Å². The van der Waals surface area contributed by atoms with Crippen LogP contribution in [0.3, 0.4) is 0 Å². The number of carboxylic acid groups (broad SMARTS) is 1. The van der Waals surface area contributed by atoms with E-state index in [0.717, 1.165) is 19.3 Å². The summed E-state index contributed by atoms with van der Waals surface area (Å²) < 4.78 is 0. The van der Waals surface area contributed by atoms with Crippen molar-refractivity contribution < 1.29 is 14.7 Å². The van der Waals surface area contributed by atoms with Crippen LogP contribution in [-0.4, -0.2) is 41.1 Å². The number of hydrogen-bond acceptors (Lipinski definition) is 2. The zero-order valence-corrected chi connectivity index (χ0v) is 10.6.